The van der Waals surface area contributed by atoms with E-state index in [0.29, 0.717) is 25.4 Å². The van der Waals surface area contributed by atoms with Gasteiger partial charge in [0.2, 0.25) is 5.91 Å². The molecule has 1 aliphatic rings. The minimum Gasteiger partial charge on any atom is -0.480 e. The third kappa shape index (κ3) is 6.08. The Morgan fingerprint density at radius 1 is 1.26 bits per heavy atom. The van der Waals surface area contributed by atoms with Crippen LogP contribution >= 0.6 is 0 Å². The zero-order chi connectivity index (χ0) is 14.5. The van der Waals surface area contributed by atoms with Crippen molar-refractivity contribution in [2.45, 2.75) is 51.1 Å². The van der Waals surface area contributed by atoms with Gasteiger partial charge in [0.05, 0.1) is 0 Å². The van der Waals surface area contributed by atoms with Gasteiger partial charge < -0.3 is 21.1 Å². The van der Waals surface area contributed by atoms with Crippen molar-refractivity contribution in [3.63, 3.8) is 0 Å². The predicted octanol–water partition coefficient (Wildman–Crippen LogP) is 0.208. The van der Waals surface area contributed by atoms with Gasteiger partial charge in [-0.25, -0.2) is 9.59 Å². The van der Waals surface area contributed by atoms with Crippen molar-refractivity contribution in [2.24, 2.45) is 0 Å². The Kier molecular flexibility index (Phi) is 5.14. The van der Waals surface area contributed by atoms with Crippen LogP contribution in [0, 0.1) is 0 Å². The van der Waals surface area contributed by atoms with E-state index in [-0.39, 0.29) is 5.91 Å². The standard InChI is InChI=1S/C12H21N3O4/c1-12(2,10(17)18)15-11(19)13-7-3-4-9(16)14-8-5-6-8/h8H,3-7H2,1-2H3,(H,14,16)(H,17,18)(H2,13,15,19). The van der Waals surface area contributed by atoms with Gasteiger partial charge in [0.1, 0.15) is 5.54 Å². The van der Waals surface area contributed by atoms with E-state index in [0.717, 1.165) is 12.8 Å². The number of rotatable bonds is 7. The molecule has 0 aliphatic heterocycles. The van der Waals surface area contributed by atoms with Crippen molar-refractivity contribution < 1.29 is 19.5 Å². The van der Waals surface area contributed by atoms with Crippen molar-refractivity contribution in [1.29, 1.82) is 0 Å². The van der Waals surface area contributed by atoms with Gasteiger partial charge >= 0.3 is 12.0 Å². The second kappa shape index (κ2) is 6.40. The summed E-state index contributed by atoms with van der Waals surface area (Å²) in [6, 6.07) is -0.199. The number of amides is 3. The molecule has 0 radical (unpaired) electrons. The molecule has 4 N–H and O–H groups in total. The lowest BCUT2D eigenvalue weighted by atomic mass is 10.1. The zero-order valence-electron chi connectivity index (χ0n) is 11.3. The van der Waals surface area contributed by atoms with E-state index in [1.54, 1.807) is 0 Å². The third-order valence-corrected chi connectivity index (χ3v) is 2.77. The first-order valence-corrected chi connectivity index (χ1v) is 6.40. The van der Waals surface area contributed by atoms with Crippen molar-refractivity contribution in [3.05, 3.63) is 0 Å². The van der Waals surface area contributed by atoms with E-state index >= 15 is 0 Å². The summed E-state index contributed by atoms with van der Waals surface area (Å²) in [6.45, 7) is 3.13. The molecule has 0 aromatic heterocycles. The number of carbonyl (C=O) groups excluding carboxylic acids is 2. The van der Waals surface area contributed by atoms with Crippen molar-refractivity contribution in [2.75, 3.05) is 6.54 Å². The fourth-order valence-electron chi connectivity index (χ4n) is 1.36. The van der Waals surface area contributed by atoms with Gasteiger partial charge in [-0.3, -0.25) is 4.79 Å². The first kappa shape index (κ1) is 15.3. The monoisotopic (exact) mass is 271 g/mol. The fraction of sp³-hybridized carbons (Fsp3) is 0.750. The van der Waals surface area contributed by atoms with E-state index in [1.165, 1.54) is 13.8 Å². The Hall–Kier alpha value is -1.79. The Labute approximate surface area is 112 Å². The number of carboxylic acid groups (broad SMARTS) is 1. The molecule has 0 saturated heterocycles. The minimum atomic E-state index is -1.31. The summed E-state index contributed by atoms with van der Waals surface area (Å²) >= 11 is 0. The quantitative estimate of drug-likeness (QED) is 0.496. The Morgan fingerprint density at radius 3 is 2.42 bits per heavy atom. The van der Waals surface area contributed by atoms with Crippen LogP contribution in [0.15, 0.2) is 0 Å². The average Bonchev–Trinajstić information content (AvgIpc) is 3.07. The minimum absolute atomic E-state index is 0.00410. The molecule has 0 aromatic rings. The van der Waals surface area contributed by atoms with Crippen LogP contribution in [0.3, 0.4) is 0 Å². The van der Waals surface area contributed by atoms with Gasteiger partial charge in [-0.15, -0.1) is 0 Å². The molecule has 1 saturated carbocycles. The normalized spacial score (nSPS) is 14.6. The van der Waals surface area contributed by atoms with Gasteiger partial charge in [0.25, 0.3) is 0 Å². The van der Waals surface area contributed by atoms with Crippen LogP contribution in [-0.2, 0) is 9.59 Å². The van der Waals surface area contributed by atoms with Crippen LogP contribution in [0.2, 0.25) is 0 Å². The second-order valence-corrected chi connectivity index (χ2v) is 5.26. The Bertz CT molecular complexity index is 364. The second-order valence-electron chi connectivity index (χ2n) is 5.26. The lowest BCUT2D eigenvalue weighted by Crippen LogP contribution is -2.53. The van der Waals surface area contributed by atoms with E-state index < -0.39 is 17.5 Å². The Balaban J connectivity index is 2.09. The fourth-order valence-corrected chi connectivity index (χ4v) is 1.36. The highest BCUT2D eigenvalue weighted by Crippen LogP contribution is 2.18. The van der Waals surface area contributed by atoms with Crippen molar-refractivity contribution in [1.82, 2.24) is 16.0 Å². The summed E-state index contributed by atoms with van der Waals surface area (Å²) in [4.78, 5) is 33.5. The summed E-state index contributed by atoms with van der Waals surface area (Å²) in [5, 5.41) is 16.5. The number of carbonyl (C=O) groups is 3. The van der Waals surface area contributed by atoms with Crippen LogP contribution < -0.4 is 16.0 Å². The van der Waals surface area contributed by atoms with Crippen LogP contribution in [0.5, 0.6) is 0 Å². The molecule has 108 valence electrons. The number of urea groups is 1. The highest BCUT2D eigenvalue weighted by atomic mass is 16.4. The smallest absolute Gasteiger partial charge is 0.328 e. The first-order valence-electron chi connectivity index (χ1n) is 6.40. The molecule has 0 unspecified atom stereocenters. The Morgan fingerprint density at radius 2 is 1.89 bits per heavy atom. The molecule has 1 aliphatic carbocycles. The number of hydrogen-bond donors (Lipinski definition) is 4. The summed E-state index contributed by atoms with van der Waals surface area (Å²) in [7, 11) is 0. The molecule has 0 spiro atoms. The summed E-state index contributed by atoms with van der Waals surface area (Å²) < 4.78 is 0. The maximum absolute atomic E-state index is 11.4. The lowest BCUT2D eigenvalue weighted by molar-refractivity contribution is -0.142. The van der Waals surface area contributed by atoms with Crippen LogP contribution in [0.1, 0.15) is 39.5 Å². The van der Waals surface area contributed by atoms with Crippen molar-refractivity contribution >= 4 is 17.9 Å². The summed E-state index contributed by atoms with van der Waals surface area (Å²) in [5.41, 5.74) is -1.31. The highest BCUT2D eigenvalue weighted by Gasteiger charge is 2.28. The topological polar surface area (TPSA) is 108 Å². The largest absolute Gasteiger partial charge is 0.480 e. The van der Waals surface area contributed by atoms with Crippen LogP contribution in [-0.4, -0.2) is 41.1 Å². The number of carboxylic acids is 1. The third-order valence-electron chi connectivity index (χ3n) is 2.77. The molecular weight excluding hydrogens is 250 g/mol. The van der Waals surface area contributed by atoms with E-state index in [4.69, 9.17) is 5.11 Å². The summed E-state index contributed by atoms with van der Waals surface area (Å²) in [6.07, 6.45) is 2.99. The molecule has 1 fully saturated rings. The molecule has 19 heavy (non-hydrogen) atoms. The van der Waals surface area contributed by atoms with Gasteiger partial charge in [-0.05, 0) is 33.1 Å². The lowest BCUT2D eigenvalue weighted by Gasteiger charge is -2.21. The number of hydrogen-bond acceptors (Lipinski definition) is 3. The molecule has 7 nitrogen and oxygen atoms in total. The average molecular weight is 271 g/mol. The van der Waals surface area contributed by atoms with Gasteiger partial charge in [-0.1, -0.05) is 0 Å². The van der Waals surface area contributed by atoms with E-state index in [2.05, 4.69) is 16.0 Å². The maximum Gasteiger partial charge on any atom is 0.328 e. The van der Waals surface area contributed by atoms with E-state index in [1.807, 2.05) is 0 Å². The number of nitrogens with one attached hydrogen (secondary N) is 3. The van der Waals surface area contributed by atoms with Crippen molar-refractivity contribution in [3.8, 4) is 0 Å². The molecular formula is C12H21N3O4. The molecule has 0 aromatic carbocycles. The molecule has 0 bridgehead atoms. The van der Waals surface area contributed by atoms with E-state index in [9.17, 15) is 14.4 Å². The van der Waals surface area contributed by atoms with Crippen LogP contribution in [0.25, 0.3) is 0 Å². The predicted molar refractivity (Wildman–Crippen MR) is 68.6 cm³/mol. The highest BCUT2D eigenvalue weighted by molar-refractivity contribution is 5.85. The molecule has 0 heterocycles. The molecule has 3 amide bonds. The van der Waals surface area contributed by atoms with Gasteiger partial charge in [0.15, 0.2) is 0 Å². The molecule has 0 atom stereocenters. The van der Waals surface area contributed by atoms with Gasteiger partial charge in [0, 0.05) is 19.0 Å². The SMILES string of the molecule is CC(C)(NC(=O)NCCCC(=O)NC1CC1)C(=O)O. The molecule has 7 heteroatoms. The molecule has 1 rings (SSSR count). The number of aliphatic carboxylic acids is 1. The first-order chi connectivity index (χ1) is 8.81. The summed E-state index contributed by atoms with van der Waals surface area (Å²) in [5.74, 6) is -1.11. The zero-order valence-corrected chi connectivity index (χ0v) is 11.3. The van der Waals surface area contributed by atoms with Crippen LogP contribution in [0.4, 0.5) is 4.79 Å². The van der Waals surface area contributed by atoms with Gasteiger partial charge in [-0.2, -0.15) is 0 Å². The maximum atomic E-state index is 11.4.